The van der Waals surface area contributed by atoms with E-state index < -0.39 is 14.9 Å². The topological polar surface area (TPSA) is 83.4 Å². The van der Waals surface area contributed by atoms with Crippen LogP contribution in [-0.4, -0.2) is 29.5 Å². The third-order valence-corrected chi connectivity index (χ3v) is 9.60. The minimum absolute atomic E-state index is 0.153. The zero-order valence-electron chi connectivity index (χ0n) is 21.3. The summed E-state index contributed by atoms with van der Waals surface area (Å²) in [5.41, 5.74) is 4.80. The number of aryl methyl sites for hydroxylation is 2. The second-order valence-corrected chi connectivity index (χ2v) is 12.2. The third-order valence-electron chi connectivity index (χ3n) is 6.78. The highest BCUT2D eigenvalue weighted by molar-refractivity contribution is 7.99. The SMILES string of the molecule is CCCc1cc(CCC)c2c(c1)N(CCC(CCC)(c1ncccn1)S(=O)(=O)O)c1ccccc1S2. The molecule has 2 heterocycles. The van der Waals surface area contributed by atoms with E-state index in [2.05, 4.69) is 53.0 Å². The van der Waals surface area contributed by atoms with Crippen molar-refractivity contribution in [1.82, 2.24) is 9.97 Å². The highest BCUT2D eigenvalue weighted by atomic mass is 32.2. The lowest BCUT2D eigenvalue weighted by Gasteiger charge is -2.37. The molecule has 3 aromatic rings. The Balaban J connectivity index is 1.83. The van der Waals surface area contributed by atoms with E-state index in [1.807, 2.05) is 19.1 Å². The van der Waals surface area contributed by atoms with Gasteiger partial charge in [0.25, 0.3) is 10.1 Å². The van der Waals surface area contributed by atoms with E-state index in [4.69, 9.17) is 0 Å². The molecular formula is C28H35N3O3S2. The number of anilines is 2. The molecule has 1 aliphatic rings. The standard InChI is InChI=1S/C28H35N3O3S2/c1-4-10-21-19-22(11-5-2)26-24(20-21)31(23-12-7-8-13-25(23)35-26)18-15-28(14-6-3,36(32,33)34)27-29-16-9-17-30-27/h7-9,12-13,16-17,19-20H,4-6,10-11,14-15,18H2,1-3H3,(H,32,33,34). The van der Waals surface area contributed by atoms with Crippen molar-refractivity contribution < 1.29 is 13.0 Å². The molecule has 4 rings (SSSR count). The van der Waals surface area contributed by atoms with Gasteiger partial charge in [0, 0.05) is 28.7 Å². The van der Waals surface area contributed by atoms with Gasteiger partial charge in [-0.25, -0.2) is 9.97 Å². The van der Waals surface area contributed by atoms with Crippen molar-refractivity contribution in [2.24, 2.45) is 0 Å². The Hall–Kier alpha value is -2.42. The molecule has 8 heteroatoms. The number of aromatic nitrogens is 2. The molecule has 1 aromatic heterocycles. The number of benzene rings is 2. The number of rotatable bonds is 11. The van der Waals surface area contributed by atoms with E-state index in [1.165, 1.54) is 28.4 Å². The van der Waals surface area contributed by atoms with Crippen molar-refractivity contribution in [3.63, 3.8) is 0 Å². The normalized spacial score (nSPS) is 14.7. The summed E-state index contributed by atoms with van der Waals surface area (Å²) in [7, 11) is -4.49. The fourth-order valence-electron chi connectivity index (χ4n) is 5.14. The molecule has 0 aliphatic carbocycles. The average molecular weight is 526 g/mol. The molecule has 192 valence electrons. The summed E-state index contributed by atoms with van der Waals surface area (Å²) in [5, 5.41) is 0. The van der Waals surface area contributed by atoms with Crippen LogP contribution in [0.25, 0.3) is 0 Å². The van der Waals surface area contributed by atoms with Gasteiger partial charge in [-0.15, -0.1) is 0 Å². The van der Waals surface area contributed by atoms with Gasteiger partial charge < -0.3 is 4.90 Å². The van der Waals surface area contributed by atoms with Crippen molar-refractivity contribution in [2.75, 3.05) is 11.4 Å². The van der Waals surface area contributed by atoms with E-state index >= 15 is 0 Å². The predicted molar refractivity (Wildman–Crippen MR) is 147 cm³/mol. The number of para-hydroxylation sites is 1. The molecule has 36 heavy (non-hydrogen) atoms. The maximum atomic E-state index is 12.9. The van der Waals surface area contributed by atoms with E-state index in [0.717, 1.165) is 42.0 Å². The molecule has 0 saturated heterocycles. The first kappa shape index (κ1) is 26.6. The molecule has 1 unspecified atom stereocenters. The lowest BCUT2D eigenvalue weighted by Crippen LogP contribution is -2.40. The average Bonchev–Trinajstić information content (AvgIpc) is 2.86. The zero-order valence-corrected chi connectivity index (χ0v) is 22.9. The van der Waals surface area contributed by atoms with E-state index in [9.17, 15) is 13.0 Å². The van der Waals surface area contributed by atoms with Gasteiger partial charge in [-0.3, -0.25) is 4.55 Å². The van der Waals surface area contributed by atoms with Crippen molar-refractivity contribution in [1.29, 1.82) is 0 Å². The van der Waals surface area contributed by atoms with Crippen LogP contribution in [-0.2, 0) is 27.7 Å². The maximum Gasteiger partial charge on any atom is 0.278 e. The van der Waals surface area contributed by atoms with Crippen LogP contribution in [0.15, 0.2) is 64.6 Å². The summed E-state index contributed by atoms with van der Waals surface area (Å²) in [6.07, 6.45) is 8.15. The largest absolute Gasteiger partial charge is 0.340 e. The van der Waals surface area contributed by atoms with Crippen molar-refractivity contribution in [2.45, 2.75) is 80.3 Å². The molecule has 6 nitrogen and oxygen atoms in total. The van der Waals surface area contributed by atoms with Gasteiger partial charge in [0.15, 0.2) is 10.6 Å². The Morgan fingerprint density at radius 2 is 1.64 bits per heavy atom. The van der Waals surface area contributed by atoms with Crippen LogP contribution in [0.2, 0.25) is 0 Å². The first-order chi connectivity index (χ1) is 17.3. The molecule has 1 aliphatic heterocycles. The Labute approximate surface area is 219 Å². The van der Waals surface area contributed by atoms with Gasteiger partial charge in [-0.05, 0) is 61.1 Å². The van der Waals surface area contributed by atoms with E-state index in [0.29, 0.717) is 13.0 Å². The fourth-order valence-corrected chi connectivity index (χ4v) is 7.51. The second-order valence-electron chi connectivity index (χ2n) is 9.37. The molecular weight excluding hydrogens is 490 g/mol. The molecule has 2 aromatic carbocycles. The number of hydrogen-bond acceptors (Lipinski definition) is 6. The molecule has 0 fully saturated rings. The van der Waals surface area contributed by atoms with Gasteiger partial charge >= 0.3 is 0 Å². The van der Waals surface area contributed by atoms with Crippen molar-refractivity contribution in [3.8, 4) is 0 Å². The Morgan fingerprint density at radius 3 is 2.31 bits per heavy atom. The smallest absolute Gasteiger partial charge is 0.278 e. The van der Waals surface area contributed by atoms with Crippen LogP contribution in [0.3, 0.4) is 0 Å². The highest BCUT2D eigenvalue weighted by Crippen LogP contribution is 2.51. The maximum absolute atomic E-state index is 12.9. The predicted octanol–water partition coefficient (Wildman–Crippen LogP) is 6.96. The summed E-state index contributed by atoms with van der Waals surface area (Å²) < 4.78 is 34.8. The second kappa shape index (κ2) is 11.3. The first-order valence-electron chi connectivity index (χ1n) is 12.8. The van der Waals surface area contributed by atoms with E-state index in [1.54, 1.807) is 17.8 Å². The lowest BCUT2D eigenvalue weighted by atomic mass is 9.96. The zero-order chi connectivity index (χ0) is 25.8. The molecule has 1 atom stereocenters. The molecule has 0 radical (unpaired) electrons. The molecule has 0 saturated carbocycles. The summed E-state index contributed by atoms with van der Waals surface area (Å²) in [6, 6.07) is 14.5. The lowest BCUT2D eigenvalue weighted by molar-refractivity contribution is 0.383. The first-order valence-corrected chi connectivity index (χ1v) is 15.0. The van der Waals surface area contributed by atoms with Gasteiger partial charge in [-0.1, -0.05) is 70.0 Å². The number of fused-ring (bicyclic) bond motifs is 2. The third kappa shape index (κ3) is 5.17. The summed E-state index contributed by atoms with van der Waals surface area (Å²) >= 11 is 1.79. The summed E-state index contributed by atoms with van der Waals surface area (Å²) in [4.78, 5) is 13.2. The van der Waals surface area contributed by atoms with Gasteiger partial charge in [0.1, 0.15) is 0 Å². The van der Waals surface area contributed by atoms with Crippen molar-refractivity contribution >= 4 is 33.3 Å². The van der Waals surface area contributed by atoms with Gasteiger partial charge in [0.2, 0.25) is 0 Å². The summed E-state index contributed by atoms with van der Waals surface area (Å²) in [5.74, 6) is 0.153. The van der Waals surface area contributed by atoms with Gasteiger partial charge in [-0.2, -0.15) is 8.42 Å². The van der Waals surface area contributed by atoms with Crippen LogP contribution in [0.1, 0.15) is 69.8 Å². The number of hydrogen-bond donors (Lipinski definition) is 1. The molecule has 0 bridgehead atoms. The Bertz CT molecular complexity index is 1300. The Morgan fingerprint density at radius 1 is 0.917 bits per heavy atom. The van der Waals surface area contributed by atoms with Crippen LogP contribution in [0, 0.1) is 0 Å². The number of nitrogens with zero attached hydrogens (tertiary/aromatic N) is 3. The molecule has 1 N–H and O–H groups in total. The fraction of sp³-hybridized carbons (Fsp3) is 0.429. The van der Waals surface area contributed by atoms with Crippen LogP contribution < -0.4 is 4.90 Å². The summed E-state index contributed by atoms with van der Waals surface area (Å²) in [6.45, 7) is 6.71. The molecule has 0 amide bonds. The quantitative estimate of drug-likeness (QED) is 0.271. The minimum Gasteiger partial charge on any atom is -0.340 e. The van der Waals surface area contributed by atoms with Crippen LogP contribution in [0.4, 0.5) is 11.4 Å². The van der Waals surface area contributed by atoms with E-state index in [-0.39, 0.29) is 18.7 Å². The monoisotopic (exact) mass is 525 g/mol. The van der Waals surface area contributed by atoms with Crippen molar-refractivity contribution in [3.05, 3.63) is 71.8 Å². The molecule has 0 spiro atoms. The highest BCUT2D eigenvalue weighted by Gasteiger charge is 2.47. The Kier molecular flexibility index (Phi) is 8.37. The minimum atomic E-state index is -4.49. The van der Waals surface area contributed by atoms with Crippen LogP contribution >= 0.6 is 11.8 Å². The van der Waals surface area contributed by atoms with Gasteiger partial charge in [0.05, 0.1) is 11.4 Å². The van der Waals surface area contributed by atoms with Crippen LogP contribution in [0.5, 0.6) is 0 Å².